The number of nitrogens with two attached hydrogens (primary N) is 1. The second-order valence-corrected chi connectivity index (χ2v) is 6.99. The Morgan fingerprint density at radius 2 is 2.30 bits per heavy atom. The van der Waals surface area contributed by atoms with E-state index < -0.39 is 0 Å². The molecular weight excluding hydrogens is 306 g/mol. The maximum Gasteiger partial charge on any atom is 0.187 e. The fourth-order valence-corrected chi connectivity index (χ4v) is 4.40. The maximum atomic E-state index is 5.88. The van der Waals surface area contributed by atoms with Gasteiger partial charge in [-0.1, -0.05) is 18.3 Å². The molecule has 0 radical (unpaired) electrons. The summed E-state index contributed by atoms with van der Waals surface area (Å²) in [7, 11) is 0. The van der Waals surface area contributed by atoms with Crippen molar-refractivity contribution in [2.45, 2.75) is 24.2 Å². The molecule has 0 atom stereocenters. The Bertz CT molecular complexity index is 642. The Morgan fingerprint density at radius 3 is 3.00 bits per heavy atom. The van der Waals surface area contributed by atoms with Gasteiger partial charge in [0, 0.05) is 15.3 Å². The number of hydrogen-bond donors (Lipinski definition) is 2. The second kappa shape index (κ2) is 5.71. The summed E-state index contributed by atoms with van der Waals surface area (Å²) < 4.78 is 0. The Kier molecular flexibility index (Phi) is 3.96. The smallest absolute Gasteiger partial charge is 0.187 e. The number of aryl methyl sites for hydroxylation is 2. The summed E-state index contributed by atoms with van der Waals surface area (Å²) in [6.07, 6.45) is 5.51. The van der Waals surface area contributed by atoms with Gasteiger partial charge >= 0.3 is 0 Å². The number of aromatic nitrogens is 1. The first-order valence-electron chi connectivity index (χ1n) is 6.41. The topological polar surface area (TPSA) is 50.9 Å². The quantitative estimate of drug-likeness (QED) is 0.664. The van der Waals surface area contributed by atoms with Gasteiger partial charge in [0.15, 0.2) is 5.13 Å². The van der Waals surface area contributed by atoms with E-state index >= 15 is 0 Å². The molecule has 3 N–H and O–H groups in total. The first-order chi connectivity index (χ1) is 9.69. The van der Waals surface area contributed by atoms with Gasteiger partial charge in [0.25, 0.3) is 0 Å². The third-order valence-electron chi connectivity index (χ3n) is 3.33. The van der Waals surface area contributed by atoms with Crippen LogP contribution in [-0.4, -0.2) is 16.2 Å². The van der Waals surface area contributed by atoms with Crippen molar-refractivity contribution in [3.63, 3.8) is 0 Å². The van der Waals surface area contributed by atoms with Crippen LogP contribution in [0.25, 0.3) is 0 Å². The first-order valence-corrected chi connectivity index (χ1v) is 8.86. The van der Waals surface area contributed by atoms with E-state index in [2.05, 4.69) is 10.3 Å². The minimum atomic E-state index is 0.418. The number of nitrogens with one attached hydrogen (secondary N) is 1. The number of thioether (sulfide) groups is 1. The number of rotatable bonds is 4. The van der Waals surface area contributed by atoms with Gasteiger partial charge < -0.3 is 11.1 Å². The first kappa shape index (κ1) is 13.9. The van der Waals surface area contributed by atoms with Crippen LogP contribution in [0.3, 0.4) is 0 Å². The van der Waals surface area contributed by atoms with Crippen LogP contribution in [0.1, 0.15) is 22.6 Å². The summed E-state index contributed by atoms with van der Waals surface area (Å²) in [4.78, 5) is 7.57. The van der Waals surface area contributed by atoms with Crippen LogP contribution in [0.5, 0.6) is 0 Å². The number of benzene rings is 1. The zero-order chi connectivity index (χ0) is 14.1. The third-order valence-corrected chi connectivity index (χ3v) is 5.39. The zero-order valence-electron chi connectivity index (χ0n) is 11.1. The van der Waals surface area contributed by atoms with E-state index in [0.29, 0.717) is 4.99 Å². The number of hydrogen-bond acceptors (Lipinski definition) is 5. The van der Waals surface area contributed by atoms with Crippen LogP contribution in [0, 0.1) is 0 Å². The lowest BCUT2D eigenvalue weighted by Crippen LogP contribution is -2.13. The van der Waals surface area contributed by atoms with Gasteiger partial charge in [0.05, 0.1) is 11.4 Å². The molecule has 0 aliphatic heterocycles. The Labute approximate surface area is 132 Å². The van der Waals surface area contributed by atoms with Gasteiger partial charge in [-0.2, -0.15) is 0 Å². The lowest BCUT2D eigenvalue weighted by molar-refractivity contribution is 0.900. The lowest BCUT2D eigenvalue weighted by atomic mass is 10.2. The van der Waals surface area contributed by atoms with Gasteiger partial charge in [0.2, 0.25) is 0 Å². The highest BCUT2D eigenvalue weighted by molar-refractivity contribution is 7.98. The number of nitrogens with zero attached hydrogens (tertiary/aromatic N) is 1. The molecule has 0 amide bonds. The lowest BCUT2D eigenvalue weighted by Gasteiger charge is -2.12. The van der Waals surface area contributed by atoms with E-state index in [0.717, 1.165) is 34.1 Å². The van der Waals surface area contributed by atoms with Gasteiger partial charge in [-0.25, -0.2) is 4.98 Å². The summed E-state index contributed by atoms with van der Waals surface area (Å²) in [6.45, 7) is 0. The molecule has 0 saturated heterocycles. The predicted molar refractivity (Wildman–Crippen MR) is 91.5 cm³/mol. The van der Waals surface area contributed by atoms with Crippen molar-refractivity contribution in [3.05, 3.63) is 34.3 Å². The van der Waals surface area contributed by atoms with E-state index in [-0.39, 0.29) is 0 Å². The molecule has 0 unspecified atom stereocenters. The highest BCUT2D eigenvalue weighted by Gasteiger charge is 2.18. The van der Waals surface area contributed by atoms with Crippen LogP contribution in [-0.2, 0) is 12.8 Å². The summed E-state index contributed by atoms with van der Waals surface area (Å²) in [5.41, 5.74) is 8.97. The maximum absolute atomic E-state index is 5.88. The van der Waals surface area contributed by atoms with Gasteiger partial charge in [-0.15, -0.1) is 23.1 Å². The van der Waals surface area contributed by atoms with Crippen LogP contribution in [0.2, 0.25) is 0 Å². The number of anilines is 2. The van der Waals surface area contributed by atoms with Crippen LogP contribution in [0.15, 0.2) is 23.1 Å². The molecule has 3 nitrogen and oxygen atoms in total. The number of thiocarbonyl (C=S) groups is 1. The fraction of sp³-hybridized carbons (Fsp3) is 0.286. The van der Waals surface area contributed by atoms with Crippen molar-refractivity contribution in [2.75, 3.05) is 11.6 Å². The molecular formula is C14H15N3S3. The summed E-state index contributed by atoms with van der Waals surface area (Å²) in [6, 6.07) is 6.05. The van der Waals surface area contributed by atoms with Crippen molar-refractivity contribution in [2.24, 2.45) is 5.73 Å². The standard InChI is InChI=1S/C14H15N3S3/c1-19-11-7-3-5-9(12(11)13(15)18)17-14-16-8-4-2-6-10(8)20-14/h3,5,7H,2,4,6H2,1H3,(H2,15,18)(H,16,17). The largest absolute Gasteiger partial charge is 0.389 e. The summed E-state index contributed by atoms with van der Waals surface area (Å²) in [5.74, 6) is 0. The molecule has 104 valence electrons. The molecule has 0 spiro atoms. The molecule has 1 aromatic heterocycles. The highest BCUT2D eigenvalue weighted by Crippen LogP contribution is 2.34. The molecule has 2 aromatic rings. The summed E-state index contributed by atoms with van der Waals surface area (Å²) >= 11 is 8.58. The van der Waals surface area contributed by atoms with Crippen LogP contribution in [0.4, 0.5) is 10.8 Å². The normalized spacial score (nSPS) is 13.2. The fourth-order valence-electron chi connectivity index (χ4n) is 2.42. The van der Waals surface area contributed by atoms with E-state index in [4.69, 9.17) is 18.0 Å². The van der Waals surface area contributed by atoms with Crippen molar-refractivity contribution < 1.29 is 0 Å². The van der Waals surface area contributed by atoms with Gasteiger partial charge in [-0.05, 0) is 37.7 Å². The minimum Gasteiger partial charge on any atom is -0.389 e. The summed E-state index contributed by atoms with van der Waals surface area (Å²) in [5, 5.41) is 4.32. The monoisotopic (exact) mass is 321 g/mol. The van der Waals surface area contributed by atoms with E-state index in [1.807, 2.05) is 24.5 Å². The van der Waals surface area contributed by atoms with E-state index in [9.17, 15) is 0 Å². The molecule has 0 bridgehead atoms. The van der Waals surface area contributed by atoms with E-state index in [1.165, 1.54) is 17.0 Å². The van der Waals surface area contributed by atoms with Gasteiger partial charge in [0.1, 0.15) is 4.99 Å². The molecule has 1 aliphatic rings. The van der Waals surface area contributed by atoms with Crippen molar-refractivity contribution in [1.82, 2.24) is 4.98 Å². The average molecular weight is 321 g/mol. The Morgan fingerprint density at radius 1 is 1.45 bits per heavy atom. The number of fused-ring (bicyclic) bond motifs is 1. The van der Waals surface area contributed by atoms with Crippen molar-refractivity contribution in [3.8, 4) is 0 Å². The van der Waals surface area contributed by atoms with E-state index in [1.54, 1.807) is 23.1 Å². The average Bonchev–Trinajstić information content (AvgIpc) is 2.98. The molecule has 1 aliphatic carbocycles. The minimum absolute atomic E-state index is 0.418. The van der Waals surface area contributed by atoms with Crippen LogP contribution >= 0.6 is 35.3 Å². The second-order valence-electron chi connectivity index (χ2n) is 4.61. The van der Waals surface area contributed by atoms with Gasteiger partial charge in [-0.3, -0.25) is 0 Å². The Balaban J connectivity index is 1.95. The molecule has 20 heavy (non-hydrogen) atoms. The predicted octanol–water partition coefficient (Wildman–Crippen LogP) is 3.73. The highest BCUT2D eigenvalue weighted by atomic mass is 32.2. The zero-order valence-corrected chi connectivity index (χ0v) is 13.6. The Hall–Kier alpha value is -1.11. The number of thiazole rings is 1. The van der Waals surface area contributed by atoms with Crippen molar-refractivity contribution >= 4 is 51.1 Å². The van der Waals surface area contributed by atoms with Crippen LogP contribution < -0.4 is 11.1 Å². The molecule has 1 heterocycles. The third kappa shape index (κ3) is 2.55. The van der Waals surface area contributed by atoms with Crippen molar-refractivity contribution in [1.29, 1.82) is 0 Å². The SMILES string of the molecule is CSc1cccc(Nc2nc3c(s2)CCC3)c1C(N)=S. The molecule has 0 fully saturated rings. The molecule has 6 heteroatoms. The molecule has 1 aromatic carbocycles. The molecule has 0 saturated carbocycles. The molecule has 3 rings (SSSR count).